The maximum Gasteiger partial charge on any atom is 0.151 e. The fraction of sp³-hybridized carbons (Fsp3) is 0.800. The van der Waals surface area contributed by atoms with Crippen molar-refractivity contribution in [3.8, 4) is 0 Å². The van der Waals surface area contributed by atoms with Gasteiger partial charge in [0.2, 0.25) is 0 Å². The van der Waals surface area contributed by atoms with Crippen molar-refractivity contribution < 1.29 is 0 Å². The number of nitrogens with zero attached hydrogens (tertiary/aromatic N) is 4. The van der Waals surface area contributed by atoms with Gasteiger partial charge in [0.1, 0.15) is 6.33 Å². The summed E-state index contributed by atoms with van der Waals surface area (Å²) in [6.45, 7) is 3.15. The molecule has 1 aromatic heterocycles. The van der Waals surface area contributed by atoms with Crippen LogP contribution in [0.1, 0.15) is 12.2 Å². The fourth-order valence-electron chi connectivity index (χ4n) is 1.34. The topological polar surface area (TPSA) is 46.0 Å². The van der Waals surface area contributed by atoms with Crippen molar-refractivity contribution in [2.45, 2.75) is 12.8 Å². The zero-order chi connectivity index (χ0) is 11.1. The lowest BCUT2D eigenvalue weighted by Gasteiger charge is -2.09. The normalized spacial score (nSPS) is 11.2. The first-order chi connectivity index (χ1) is 7.18. The van der Waals surface area contributed by atoms with E-state index < -0.39 is 0 Å². The molecular weight excluding hydrogens is 190 g/mol. The highest BCUT2D eigenvalue weighted by molar-refractivity contribution is 4.81. The minimum Gasteiger partial charge on any atom is -0.316 e. The molecule has 0 aliphatic rings. The van der Waals surface area contributed by atoms with Crippen LogP contribution in [0.15, 0.2) is 6.33 Å². The van der Waals surface area contributed by atoms with Gasteiger partial charge in [0.05, 0.1) is 0 Å². The molecule has 0 atom stereocenters. The molecule has 15 heavy (non-hydrogen) atoms. The van der Waals surface area contributed by atoms with Crippen LogP contribution >= 0.6 is 0 Å². The summed E-state index contributed by atoms with van der Waals surface area (Å²) < 4.78 is 1.74. The van der Waals surface area contributed by atoms with E-state index in [1.807, 2.05) is 7.05 Å². The lowest BCUT2D eigenvalue weighted by atomic mass is 10.3. The lowest BCUT2D eigenvalue weighted by molar-refractivity contribution is 0.394. The minimum absolute atomic E-state index is 0.906. The maximum absolute atomic E-state index is 4.21. The molecule has 5 heteroatoms. The van der Waals surface area contributed by atoms with Crippen molar-refractivity contribution in [1.29, 1.82) is 0 Å². The van der Waals surface area contributed by atoms with Gasteiger partial charge < -0.3 is 10.2 Å². The standard InChI is InChI=1S/C10H21N5/c1-14(2)8-4-6-11-7-5-10-12-9-15(3)13-10/h9,11H,4-8H2,1-3H3. The van der Waals surface area contributed by atoms with Gasteiger partial charge in [0, 0.05) is 20.0 Å². The molecule has 0 bridgehead atoms. The van der Waals surface area contributed by atoms with Gasteiger partial charge in [-0.3, -0.25) is 4.68 Å². The van der Waals surface area contributed by atoms with E-state index in [-0.39, 0.29) is 0 Å². The van der Waals surface area contributed by atoms with Crippen molar-refractivity contribution in [3.63, 3.8) is 0 Å². The Morgan fingerprint density at radius 3 is 2.80 bits per heavy atom. The van der Waals surface area contributed by atoms with Crippen LogP contribution < -0.4 is 5.32 Å². The second kappa shape index (κ2) is 6.53. The molecule has 0 saturated carbocycles. The molecule has 0 amide bonds. The fourth-order valence-corrected chi connectivity index (χ4v) is 1.34. The van der Waals surface area contributed by atoms with Crippen molar-refractivity contribution in [2.75, 3.05) is 33.7 Å². The summed E-state index contributed by atoms with van der Waals surface area (Å²) in [5.41, 5.74) is 0. The average Bonchev–Trinajstić information content (AvgIpc) is 2.57. The first-order valence-electron chi connectivity index (χ1n) is 5.38. The zero-order valence-corrected chi connectivity index (χ0v) is 9.90. The molecule has 1 rings (SSSR count). The molecule has 0 radical (unpaired) electrons. The molecule has 0 fully saturated rings. The summed E-state index contributed by atoms with van der Waals surface area (Å²) in [5, 5.41) is 7.60. The molecule has 0 unspecified atom stereocenters. The predicted octanol–water partition coefficient (Wildman–Crippen LogP) is -0.101. The Balaban J connectivity index is 1.98. The van der Waals surface area contributed by atoms with E-state index in [4.69, 9.17) is 0 Å². The number of nitrogens with one attached hydrogen (secondary N) is 1. The third-order valence-corrected chi connectivity index (χ3v) is 2.13. The van der Waals surface area contributed by atoms with Crippen LogP contribution in [0.2, 0.25) is 0 Å². The highest BCUT2D eigenvalue weighted by Gasteiger charge is 1.97. The van der Waals surface area contributed by atoms with E-state index in [2.05, 4.69) is 34.4 Å². The number of hydrogen-bond donors (Lipinski definition) is 1. The number of rotatable bonds is 7. The van der Waals surface area contributed by atoms with Crippen molar-refractivity contribution in [2.24, 2.45) is 7.05 Å². The van der Waals surface area contributed by atoms with E-state index >= 15 is 0 Å². The van der Waals surface area contributed by atoms with E-state index in [9.17, 15) is 0 Å². The number of aromatic nitrogens is 3. The van der Waals surface area contributed by atoms with E-state index in [1.54, 1.807) is 11.0 Å². The molecule has 0 aliphatic heterocycles. The Kier molecular flexibility index (Phi) is 5.28. The Bertz CT molecular complexity index is 269. The molecule has 86 valence electrons. The van der Waals surface area contributed by atoms with E-state index in [1.165, 1.54) is 6.42 Å². The summed E-state index contributed by atoms with van der Waals surface area (Å²) in [6.07, 6.45) is 3.83. The molecule has 1 N–H and O–H groups in total. The minimum atomic E-state index is 0.906. The van der Waals surface area contributed by atoms with Gasteiger partial charge in [-0.25, -0.2) is 4.98 Å². The van der Waals surface area contributed by atoms with E-state index in [0.29, 0.717) is 0 Å². The van der Waals surface area contributed by atoms with Crippen LogP contribution in [0.5, 0.6) is 0 Å². The second-order valence-corrected chi connectivity index (χ2v) is 3.99. The van der Waals surface area contributed by atoms with Crippen molar-refractivity contribution >= 4 is 0 Å². The predicted molar refractivity (Wildman–Crippen MR) is 60.7 cm³/mol. The van der Waals surface area contributed by atoms with Crippen LogP contribution in [-0.2, 0) is 13.5 Å². The molecule has 1 aromatic rings. The van der Waals surface area contributed by atoms with Gasteiger partial charge in [-0.15, -0.1) is 0 Å². The summed E-state index contributed by atoms with van der Waals surface area (Å²) in [6, 6.07) is 0. The molecular formula is C10H21N5. The lowest BCUT2D eigenvalue weighted by Crippen LogP contribution is -2.23. The summed E-state index contributed by atoms with van der Waals surface area (Å²) in [7, 11) is 6.08. The maximum atomic E-state index is 4.21. The van der Waals surface area contributed by atoms with Gasteiger partial charge in [-0.2, -0.15) is 5.10 Å². The van der Waals surface area contributed by atoms with Crippen molar-refractivity contribution in [1.82, 2.24) is 25.0 Å². The van der Waals surface area contributed by atoms with Gasteiger partial charge >= 0.3 is 0 Å². The van der Waals surface area contributed by atoms with Gasteiger partial charge in [0.25, 0.3) is 0 Å². The van der Waals surface area contributed by atoms with Crippen LogP contribution in [0, 0.1) is 0 Å². The highest BCUT2D eigenvalue weighted by Crippen LogP contribution is 1.88. The number of hydrogen-bond acceptors (Lipinski definition) is 4. The molecule has 0 saturated heterocycles. The Labute approximate surface area is 91.5 Å². The average molecular weight is 211 g/mol. The monoisotopic (exact) mass is 211 g/mol. The van der Waals surface area contributed by atoms with Crippen molar-refractivity contribution in [3.05, 3.63) is 12.2 Å². The summed E-state index contributed by atoms with van der Waals surface area (Å²) >= 11 is 0. The molecule has 0 aromatic carbocycles. The first kappa shape index (κ1) is 12.1. The smallest absolute Gasteiger partial charge is 0.151 e. The third kappa shape index (κ3) is 5.49. The van der Waals surface area contributed by atoms with Crippen LogP contribution in [0.3, 0.4) is 0 Å². The van der Waals surface area contributed by atoms with Crippen LogP contribution in [0.4, 0.5) is 0 Å². The highest BCUT2D eigenvalue weighted by atomic mass is 15.3. The van der Waals surface area contributed by atoms with Gasteiger partial charge in [-0.05, 0) is 33.6 Å². The molecule has 5 nitrogen and oxygen atoms in total. The first-order valence-corrected chi connectivity index (χ1v) is 5.38. The zero-order valence-electron chi connectivity index (χ0n) is 9.90. The van der Waals surface area contributed by atoms with Gasteiger partial charge in [0.15, 0.2) is 5.82 Å². The number of aryl methyl sites for hydroxylation is 1. The summed E-state index contributed by atoms with van der Waals surface area (Å²) in [4.78, 5) is 6.36. The summed E-state index contributed by atoms with van der Waals surface area (Å²) in [5.74, 6) is 0.914. The molecule has 0 spiro atoms. The third-order valence-electron chi connectivity index (χ3n) is 2.13. The molecule has 1 heterocycles. The Hall–Kier alpha value is -0.940. The molecule has 0 aliphatic carbocycles. The largest absolute Gasteiger partial charge is 0.316 e. The second-order valence-electron chi connectivity index (χ2n) is 3.99. The Morgan fingerprint density at radius 2 is 2.20 bits per heavy atom. The SMILES string of the molecule is CN(C)CCCNCCc1ncn(C)n1. The van der Waals surface area contributed by atoms with E-state index in [0.717, 1.165) is 31.9 Å². The van der Waals surface area contributed by atoms with Crippen LogP contribution in [0.25, 0.3) is 0 Å². The van der Waals surface area contributed by atoms with Crippen LogP contribution in [-0.4, -0.2) is 53.4 Å². The van der Waals surface area contributed by atoms with Gasteiger partial charge in [-0.1, -0.05) is 0 Å². The quantitative estimate of drug-likeness (QED) is 0.640. The Morgan fingerprint density at radius 1 is 1.40 bits per heavy atom.